The summed E-state index contributed by atoms with van der Waals surface area (Å²) in [6.45, 7) is 0. The Labute approximate surface area is 170 Å². The molecule has 2 aromatic heterocycles. The molecule has 4 aromatic rings. The molecule has 8 nitrogen and oxygen atoms in total. The Balaban J connectivity index is 1.98. The maximum atomic E-state index is 11.8. The molecular formula is C20H14ClN7O. The number of nitrogens with zero attached hydrogens (tertiary/aromatic N) is 4. The lowest BCUT2D eigenvalue weighted by Crippen LogP contribution is -2.26. The molecule has 142 valence electrons. The molecule has 9 heteroatoms. The van der Waals surface area contributed by atoms with E-state index < -0.39 is 6.03 Å². The predicted molar refractivity (Wildman–Crippen MR) is 110 cm³/mol. The van der Waals surface area contributed by atoms with Gasteiger partial charge in [0.2, 0.25) is 0 Å². The molecule has 0 saturated heterocycles. The molecule has 0 bridgehead atoms. The zero-order valence-electron chi connectivity index (χ0n) is 15.2. The smallest absolute Gasteiger partial charge is 0.320 e. The number of aromatic amines is 1. The Kier molecular flexibility index (Phi) is 4.81. The quantitative estimate of drug-likeness (QED) is 0.478. The second-order valence-electron chi connectivity index (χ2n) is 6.09. The summed E-state index contributed by atoms with van der Waals surface area (Å²) in [7, 11) is 1.48. The van der Waals surface area contributed by atoms with Gasteiger partial charge in [-0.25, -0.2) is 14.8 Å². The summed E-state index contributed by atoms with van der Waals surface area (Å²) in [4.78, 5) is 20.8. The lowest BCUT2D eigenvalue weighted by Gasteiger charge is -2.13. The van der Waals surface area contributed by atoms with Gasteiger partial charge in [-0.2, -0.15) is 10.4 Å². The predicted octanol–water partition coefficient (Wildman–Crippen LogP) is 3.96. The van der Waals surface area contributed by atoms with Crippen LogP contribution in [0.5, 0.6) is 0 Å². The van der Waals surface area contributed by atoms with Crippen molar-refractivity contribution in [1.29, 1.82) is 5.26 Å². The number of halogens is 1. The van der Waals surface area contributed by atoms with E-state index in [1.54, 1.807) is 12.3 Å². The van der Waals surface area contributed by atoms with Crippen molar-refractivity contribution in [3.8, 4) is 28.6 Å². The summed E-state index contributed by atoms with van der Waals surface area (Å²) in [6.07, 6.45) is 1.66. The highest BCUT2D eigenvalue weighted by Gasteiger charge is 2.19. The van der Waals surface area contributed by atoms with Gasteiger partial charge in [-0.3, -0.25) is 10.4 Å². The van der Waals surface area contributed by atoms with Crippen LogP contribution in [-0.4, -0.2) is 33.2 Å². The number of rotatable bonds is 3. The van der Waals surface area contributed by atoms with Gasteiger partial charge in [-0.1, -0.05) is 41.9 Å². The molecule has 4 rings (SSSR count). The summed E-state index contributed by atoms with van der Waals surface area (Å²) < 4.78 is 0. The van der Waals surface area contributed by atoms with Crippen LogP contribution >= 0.6 is 11.6 Å². The van der Waals surface area contributed by atoms with E-state index in [1.165, 1.54) is 7.05 Å². The topological polar surface area (TPSA) is 119 Å². The van der Waals surface area contributed by atoms with E-state index in [0.717, 1.165) is 10.9 Å². The largest absolute Gasteiger partial charge is 0.341 e. The molecular weight excluding hydrogens is 390 g/mol. The van der Waals surface area contributed by atoms with E-state index in [1.807, 2.05) is 42.5 Å². The SMILES string of the molecule is CNC(=O)Nc1nc(-c2ccccc2)c(-c2cc(Cl)c3[nH]ncc3c2)nc1C#N. The number of H-pyrrole nitrogens is 1. The van der Waals surface area contributed by atoms with Crippen LogP contribution in [0.3, 0.4) is 0 Å². The number of amides is 2. The minimum Gasteiger partial charge on any atom is -0.341 e. The van der Waals surface area contributed by atoms with E-state index in [-0.39, 0.29) is 11.5 Å². The summed E-state index contributed by atoms with van der Waals surface area (Å²) in [5, 5.41) is 22.7. The summed E-state index contributed by atoms with van der Waals surface area (Å²) >= 11 is 6.39. The summed E-state index contributed by atoms with van der Waals surface area (Å²) in [5.41, 5.74) is 3.14. The van der Waals surface area contributed by atoms with Gasteiger partial charge in [0.1, 0.15) is 6.07 Å². The van der Waals surface area contributed by atoms with Crippen molar-refractivity contribution < 1.29 is 4.79 Å². The number of aromatic nitrogens is 4. The van der Waals surface area contributed by atoms with Gasteiger partial charge in [-0.15, -0.1) is 0 Å². The van der Waals surface area contributed by atoms with Crippen LogP contribution in [0.15, 0.2) is 48.7 Å². The second-order valence-corrected chi connectivity index (χ2v) is 6.50. The highest BCUT2D eigenvalue weighted by atomic mass is 35.5. The van der Waals surface area contributed by atoms with Crippen LogP contribution in [-0.2, 0) is 0 Å². The number of anilines is 1. The normalized spacial score (nSPS) is 10.5. The van der Waals surface area contributed by atoms with Crippen molar-refractivity contribution in [2.75, 3.05) is 12.4 Å². The maximum Gasteiger partial charge on any atom is 0.320 e. The van der Waals surface area contributed by atoms with Crippen LogP contribution in [0, 0.1) is 11.3 Å². The Morgan fingerprint density at radius 1 is 1.14 bits per heavy atom. The van der Waals surface area contributed by atoms with E-state index in [2.05, 4.69) is 30.8 Å². The molecule has 0 aliphatic rings. The van der Waals surface area contributed by atoms with Crippen molar-refractivity contribution in [3.63, 3.8) is 0 Å². The van der Waals surface area contributed by atoms with Gasteiger partial charge in [0.25, 0.3) is 0 Å². The Bertz CT molecular complexity index is 1260. The first-order chi connectivity index (χ1) is 14.1. The summed E-state index contributed by atoms with van der Waals surface area (Å²) in [5.74, 6) is 0.0740. The highest BCUT2D eigenvalue weighted by molar-refractivity contribution is 6.35. The molecule has 0 spiro atoms. The molecule has 0 fully saturated rings. The van der Waals surface area contributed by atoms with Crippen LogP contribution in [0.2, 0.25) is 5.02 Å². The lowest BCUT2D eigenvalue weighted by atomic mass is 10.0. The van der Waals surface area contributed by atoms with Gasteiger partial charge >= 0.3 is 6.03 Å². The number of carbonyl (C=O) groups excluding carboxylic acids is 1. The zero-order valence-corrected chi connectivity index (χ0v) is 15.9. The van der Waals surface area contributed by atoms with Crippen LogP contribution in [0.1, 0.15) is 5.69 Å². The van der Waals surface area contributed by atoms with Crippen LogP contribution in [0.25, 0.3) is 33.4 Å². The molecule has 0 aliphatic heterocycles. The number of hydrogen-bond acceptors (Lipinski definition) is 5. The first-order valence-corrected chi connectivity index (χ1v) is 8.97. The lowest BCUT2D eigenvalue weighted by molar-refractivity contribution is 0.254. The number of nitrogens with one attached hydrogen (secondary N) is 3. The third kappa shape index (κ3) is 3.47. The second kappa shape index (κ2) is 7.58. The average Bonchev–Trinajstić information content (AvgIpc) is 3.23. The fraction of sp³-hybridized carbons (Fsp3) is 0.0500. The molecule has 0 unspecified atom stereocenters. The standard InChI is InChI=1S/C20H14ClN7O/c1-23-20(29)27-19-15(9-22)25-18(17(26-19)11-5-3-2-4-6-11)12-7-13-10-24-28-16(13)14(21)8-12/h2-8,10H,1H3,(H,24,28)(H2,23,26,27,29). The fourth-order valence-corrected chi connectivity index (χ4v) is 3.19. The van der Waals surface area contributed by atoms with Gasteiger partial charge in [0.15, 0.2) is 11.5 Å². The Morgan fingerprint density at radius 2 is 1.90 bits per heavy atom. The van der Waals surface area contributed by atoms with Gasteiger partial charge < -0.3 is 5.32 Å². The number of fused-ring (bicyclic) bond motifs is 1. The van der Waals surface area contributed by atoms with E-state index in [0.29, 0.717) is 27.5 Å². The number of urea groups is 1. The van der Waals surface area contributed by atoms with Crippen molar-refractivity contribution in [3.05, 3.63) is 59.4 Å². The minimum absolute atomic E-state index is 0.00769. The number of hydrogen-bond donors (Lipinski definition) is 3. The zero-order chi connectivity index (χ0) is 20.4. The van der Waals surface area contributed by atoms with Gasteiger partial charge in [0.05, 0.1) is 28.1 Å². The van der Waals surface area contributed by atoms with Gasteiger partial charge in [-0.05, 0) is 12.1 Å². The van der Waals surface area contributed by atoms with E-state index in [9.17, 15) is 10.1 Å². The molecule has 0 saturated carbocycles. The number of carbonyl (C=O) groups is 1. The maximum absolute atomic E-state index is 11.8. The van der Waals surface area contributed by atoms with Crippen molar-refractivity contribution in [1.82, 2.24) is 25.5 Å². The molecule has 3 N–H and O–H groups in total. The minimum atomic E-state index is -0.495. The summed E-state index contributed by atoms with van der Waals surface area (Å²) in [6, 6.07) is 14.5. The first-order valence-electron chi connectivity index (χ1n) is 8.60. The highest BCUT2D eigenvalue weighted by Crippen LogP contribution is 2.35. The monoisotopic (exact) mass is 403 g/mol. The molecule has 2 aromatic carbocycles. The molecule has 0 aliphatic carbocycles. The van der Waals surface area contributed by atoms with Crippen molar-refractivity contribution in [2.24, 2.45) is 0 Å². The Morgan fingerprint density at radius 3 is 2.62 bits per heavy atom. The van der Waals surface area contributed by atoms with Crippen molar-refractivity contribution in [2.45, 2.75) is 0 Å². The third-order valence-electron chi connectivity index (χ3n) is 4.28. The van der Waals surface area contributed by atoms with Crippen LogP contribution in [0.4, 0.5) is 10.6 Å². The van der Waals surface area contributed by atoms with Crippen molar-refractivity contribution >= 4 is 34.4 Å². The molecule has 2 heterocycles. The number of nitriles is 1. The van der Waals surface area contributed by atoms with Crippen LogP contribution < -0.4 is 10.6 Å². The fourth-order valence-electron chi connectivity index (χ4n) is 2.92. The average molecular weight is 404 g/mol. The molecule has 29 heavy (non-hydrogen) atoms. The Hall–Kier alpha value is -3.96. The number of benzene rings is 2. The molecule has 0 atom stereocenters. The molecule has 2 amide bonds. The first kappa shape index (κ1) is 18.4. The molecule has 0 radical (unpaired) electrons. The van der Waals surface area contributed by atoms with E-state index >= 15 is 0 Å². The van der Waals surface area contributed by atoms with Gasteiger partial charge in [0, 0.05) is 23.6 Å². The van der Waals surface area contributed by atoms with E-state index in [4.69, 9.17) is 11.6 Å². The third-order valence-corrected chi connectivity index (χ3v) is 4.58.